The van der Waals surface area contributed by atoms with Gasteiger partial charge in [0.2, 0.25) is 0 Å². The van der Waals surface area contributed by atoms with E-state index in [1.165, 1.54) is 38.5 Å². The van der Waals surface area contributed by atoms with Gasteiger partial charge in [0.05, 0.1) is 12.0 Å². The van der Waals surface area contributed by atoms with Crippen LogP contribution in [0.4, 0.5) is 0 Å². The summed E-state index contributed by atoms with van der Waals surface area (Å²) in [7, 11) is 0. The summed E-state index contributed by atoms with van der Waals surface area (Å²) in [5, 5.41) is 18.5. The molecule has 0 heterocycles. The van der Waals surface area contributed by atoms with Crippen LogP contribution >= 0.6 is 12.6 Å². The van der Waals surface area contributed by atoms with Gasteiger partial charge in [0.25, 0.3) is 0 Å². The quantitative estimate of drug-likeness (QED) is 0.356. The molecule has 114 valence electrons. The zero-order valence-electron chi connectivity index (χ0n) is 12.2. The molecule has 0 radical (unpaired) electrons. The molecule has 2 unspecified atom stereocenters. The van der Waals surface area contributed by atoms with Gasteiger partial charge in [-0.25, -0.2) is 0 Å². The zero-order valence-corrected chi connectivity index (χ0v) is 13.1. The van der Waals surface area contributed by atoms with E-state index in [0.29, 0.717) is 18.6 Å². The molecule has 0 fully saturated rings. The normalized spacial score (nSPS) is 14.3. The number of carboxylic acids is 1. The van der Waals surface area contributed by atoms with Crippen molar-refractivity contribution in [2.75, 3.05) is 5.75 Å². The Morgan fingerprint density at radius 3 is 2.05 bits per heavy atom. The molecule has 0 saturated carbocycles. The highest BCUT2D eigenvalue weighted by Gasteiger charge is 2.20. The number of hydrogen-bond acceptors (Lipinski definition) is 3. The first kappa shape index (κ1) is 18.8. The Morgan fingerprint density at radius 1 is 1.05 bits per heavy atom. The summed E-state index contributed by atoms with van der Waals surface area (Å²) in [5.41, 5.74) is 0. The highest BCUT2D eigenvalue weighted by atomic mass is 32.1. The molecule has 2 atom stereocenters. The Labute approximate surface area is 123 Å². The van der Waals surface area contributed by atoms with E-state index in [-0.39, 0.29) is 0 Å². The van der Waals surface area contributed by atoms with Crippen molar-refractivity contribution in [2.45, 2.75) is 77.2 Å². The fourth-order valence-electron chi connectivity index (χ4n) is 2.27. The van der Waals surface area contributed by atoms with E-state index < -0.39 is 18.0 Å². The maximum absolute atomic E-state index is 11.1. The first-order valence-electron chi connectivity index (χ1n) is 7.63. The summed E-state index contributed by atoms with van der Waals surface area (Å²) in [6.07, 6.45) is 10.1. The molecule has 0 aromatic carbocycles. The fourth-order valence-corrected chi connectivity index (χ4v) is 2.42. The lowest BCUT2D eigenvalue weighted by molar-refractivity contribution is -0.143. The van der Waals surface area contributed by atoms with Gasteiger partial charge >= 0.3 is 5.97 Å². The third-order valence-corrected chi connectivity index (χ3v) is 3.94. The lowest BCUT2D eigenvalue weighted by Crippen LogP contribution is -2.21. The second kappa shape index (κ2) is 12.8. The fraction of sp³-hybridized carbons (Fsp3) is 0.933. The molecule has 0 rings (SSSR count). The Kier molecular flexibility index (Phi) is 12.6. The summed E-state index contributed by atoms with van der Waals surface area (Å²) < 4.78 is 0. The minimum Gasteiger partial charge on any atom is -0.481 e. The average molecular weight is 290 g/mol. The van der Waals surface area contributed by atoms with Crippen molar-refractivity contribution in [3.05, 3.63) is 0 Å². The number of unbranched alkanes of at least 4 members (excludes halogenated alkanes) is 7. The molecule has 3 nitrogen and oxygen atoms in total. The van der Waals surface area contributed by atoms with Gasteiger partial charge in [-0.15, -0.1) is 0 Å². The minimum absolute atomic E-state index is 0.329. The van der Waals surface area contributed by atoms with Crippen molar-refractivity contribution in [3.63, 3.8) is 0 Å². The van der Waals surface area contributed by atoms with Crippen LogP contribution in [-0.4, -0.2) is 28.0 Å². The number of carbonyl (C=O) groups is 1. The number of aliphatic hydroxyl groups excluding tert-OH is 1. The molecular weight excluding hydrogens is 260 g/mol. The second-order valence-electron chi connectivity index (χ2n) is 5.37. The molecule has 0 aromatic rings. The van der Waals surface area contributed by atoms with Crippen LogP contribution in [0.3, 0.4) is 0 Å². The van der Waals surface area contributed by atoms with Crippen LogP contribution in [0.25, 0.3) is 0 Å². The van der Waals surface area contributed by atoms with Gasteiger partial charge < -0.3 is 10.2 Å². The van der Waals surface area contributed by atoms with E-state index in [1.807, 2.05) is 0 Å². The van der Waals surface area contributed by atoms with Crippen LogP contribution in [0.2, 0.25) is 0 Å². The third-order valence-electron chi connectivity index (χ3n) is 3.52. The maximum Gasteiger partial charge on any atom is 0.306 e. The second-order valence-corrected chi connectivity index (χ2v) is 5.74. The molecule has 2 N–H and O–H groups in total. The summed E-state index contributed by atoms with van der Waals surface area (Å²) in [5.74, 6) is -0.868. The summed E-state index contributed by atoms with van der Waals surface area (Å²) in [4.78, 5) is 11.1. The Balaban J connectivity index is 3.56. The Bertz CT molecular complexity index is 221. The van der Waals surface area contributed by atoms with Gasteiger partial charge in [-0.3, -0.25) is 4.79 Å². The van der Waals surface area contributed by atoms with Gasteiger partial charge in [-0.1, -0.05) is 58.3 Å². The number of aliphatic carboxylic acids is 1. The van der Waals surface area contributed by atoms with E-state index in [1.54, 1.807) is 0 Å². The van der Waals surface area contributed by atoms with Crippen molar-refractivity contribution in [2.24, 2.45) is 5.92 Å². The van der Waals surface area contributed by atoms with E-state index in [0.717, 1.165) is 12.8 Å². The summed E-state index contributed by atoms with van der Waals surface area (Å²) in [6, 6.07) is 0. The van der Waals surface area contributed by atoms with Crippen LogP contribution < -0.4 is 0 Å². The molecule has 0 amide bonds. The maximum atomic E-state index is 11.1. The molecule has 0 aliphatic heterocycles. The van der Waals surface area contributed by atoms with Gasteiger partial charge in [0.1, 0.15) is 0 Å². The van der Waals surface area contributed by atoms with Crippen LogP contribution in [0.1, 0.15) is 71.1 Å². The van der Waals surface area contributed by atoms with Crippen molar-refractivity contribution in [1.29, 1.82) is 0 Å². The van der Waals surface area contributed by atoms with Crippen LogP contribution in [-0.2, 0) is 4.79 Å². The Hall–Kier alpha value is -0.220. The van der Waals surface area contributed by atoms with Gasteiger partial charge in [-0.2, -0.15) is 12.6 Å². The minimum atomic E-state index is -0.788. The van der Waals surface area contributed by atoms with Crippen LogP contribution in [0.15, 0.2) is 0 Å². The molecule has 4 heteroatoms. The van der Waals surface area contributed by atoms with Gasteiger partial charge in [-0.05, 0) is 12.8 Å². The summed E-state index contributed by atoms with van der Waals surface area (Å²) in [6.45, 7) is 2.21. The topological polar surface area (TPSA) is 57.5 Å². The van der Waals surface area contributed by atoms with Crippen LogP contribution in [0.5, 0.6) is 0 Å². The SMILES string of the molecule is CCCCCCCCCCC(CC(O)CS)C(=O)O. The number of carboxylic acid groups (broad SMARTS) is 1. The van der Waals surface area contributed by atoms with Crippen LogP contribution in [0, 0.1) is 5.92 Å². The molecule has 0 bridgehead atoms. The van der Waals surface area contributed by atoms with Crippen molar-refractivity contribution in [1.82, 2.24) is 0 Å². The van der Waals surface area contributed by atoms with Gasteiger partial charge in [0, 0.05) is 5.75 Å². The van der Waals surface area contributed by atoms with Crippen molar-refractivity contribution >= 4 is 18.6 Å². The number of thiol groups is 1. The Morgan fingerprint density at radius 2 is 1.58 bits per heavy atom. The van der Waals surface area contributed by atoms with Crippen molar-refractivity contribution in [3.8, 4) is 0 Å². The molecule has 0 aliphatic rings. The molecular formula is C15H30O3S. The lowest BCUT2D eigenvalue weighted by atomic mass is 9.95. The summed E-state index contributed by atoms with van der Waals surface area (Å²) >= 11 is 3.98. The molecule has 0 spiro atoms. The van der Waals surface area contributed by atoms with Gasteiger partial charge in [0.15, 0.2) is 0 Å². The highest BCUT2D eigenvalue weighted by molar-refractivity contribution is 7.80. The molecule has 0 aromatic heterocycles. The molecule has 0 saturated heterocycles. The standard InChI is InChI=1S/C15H30O3S/c1-2-3-4-5-6-7-8-9-10-13(15(17)18)11-14(16)12-19/h13-14,16,19H,2-12H2,1H3,(H,17,18). The largest absolute Gasteiger partial charge is 0.481 e. The van der Waals surface area contributed by atoms with E-state index in [9.17, 15) is 9.90 Å². The lowest BCUT2D eigenvalue weighted by Gasteiger charge is -2.15. The number of rotatable bonds is 13. The predicted molar refractivity (Wildman–Crippen MR) is 82.8 cm³/mol. The van der Waals surface area contributed by atoms with E-state index in [4.69, 9.17) is 5.11 Å². The molecule has 19 heavy (non-hydrogen) atoms. The predicted octanol–water partition coefficient (Wildman–Crippen LogP) is 3.90. The average Bonchev–Trinajstić information content (AvgIpc) is 2.39. The third kappa shape index (κ3) is 11.3. The highest BCUT2D eigenvalue weighted by Crippen LogP contribution is 2.18. The van der Waals surface area contributed by atoms with Crippen molar-refractivity contribution < 1.29 is 15.0 Å². The first-order chi connectivity index (χ1) is 9.11. The number of hydrogen-bond donors (Lipinski definition) is 3. The zero-order chi connectivity index (χ0) is 14.5. The first-order valence-corrected chi connectivity index (χ1v) is 8.26. The monoisotopic (exact) mass is 290 g/mol. The van der Waals surface area contributed by atoms with E-state index in [2.05, 4.69) is 19.6 Å². The number of aliphatic hydroxyl groups is 1. The van der Waals surface area contributed by atoms with E-state index >= 15 is 0 Å². The molecule has 0 aliphatic carbocycles. The smallest absolute Gasteiger partial charge is 0.306 e.